The molecule has 2 rings (SSSR count). The molecule has 1 amide bonds. The van der Waals surface area contributed by atoms with E-state index in [-0.39, 0.29) is 17.0 Å². The Morgan fingerprint density at radius 1 is 1.52 bits per heavy atom. The molecule has 0 radical (unpaired) electrons. The lowest BCUT2D eigenvalue weighted by Gasteiger charge is -2.05. The first-order valence-electron chi connectivity index (χ1n) is 6.33. The van der Waals surface area contributed by atoms with E-state index in [2.05, 4.69) is 20.7 Å². The maximum Gasteiger partial charge on any atom is 0.315 e. The van der Waals surface area contributed by atoms with Gasteiger partial charge in [-0.05, 0) is 19.1 Å². The van der Waals surface area contributed by atoms with E-state index in [1.165, 1.54) is 19.4 Å². The molecular weight excluding hydrogens is 306 g/mol. The number of phenols is 1. The number of H-pyrrole nitrogens is 1. The minimum atomic E-state index is -0.750. The lowest BCUT2D eigenvalue weighted by atomic mass is 10.2. The maximum absolute atomic E-state index is 11.7. The number of aryl methyl sites for hydroxylation is 1. The highest BCUT2D eigenvalue weighted by molar-refractivity contribution is 5.93. The van der Waals surface area contributed by atoms with Gasteiger partial charge in [0.1, 0.15) is 0 Å². The Morgan fingerprint density at radius 2 is 2.26 bits per heavy atom. The number of ether oxygens (including phenoxy) is 1. The van der Waals surface area contributed by atoms with Crippen LogP contribution in [0.4, 0.5) is 5.69 Å². The highest BCUT2D eigenvalue weighted by Crippen LogP contribution is 2.36. The van der Waals surface area contributed by atoms with E-state index in [1.807, 2.05) is 0 Å². The van der Waals surface area contributed by atoms with Gasteiger partial charge < -0.3 is 9.84 Å². The molecule has 1 aromatic carbocycles. The number of hydrogen-bond donors (Lipinski definition) is 3. The Morgan fingerprint density at radius 3 is 2.83 bits per heavy atom. The largest absolute Gasteiger partial charge is 0.500 e. The number of nitrogens with one attached hydrogen (secondary N) is 2. The van der Waals surface area contributed by atoms with Crippen LogP contribution in [-0.2, 0) is 0 Å². The van der Waals surface area contributed by atoms with Crippen LogP contribution in [0.1, 0.15) is 21.7 Å². The normalized spacial score (nSPS) is 10.7. The van der Waals surface area contributed by atoms with Gasteiger partial charge in [0.05, 0.1) is 18.2 Å². The minimum Gasteiger partial charge on any atom is -0.500 e. The smallest absolute Gasteiger partial charge is 0.315 e. The van der Waals surface area contributed by atoms with Crippen LogP contribution in [-0.4, -0.2) is 39.5 Å². The Balaban J connectivity index is 2.17. The zero-order chi connectivity index (χ0) is 17.0. The second-order valence-electron chi connectivity index (χ2n) is 4.48. The van der Waals surface area contributed by atoms with Crippen molar-refractivity contribution in [2.75, 3.05) is 7.11 Å². The monoisotopic (exact) mass is 319 g/mol. The molecule has 0 aliphatic rings. The number of hydrogen-bond acceptors (Lipinski definition) is 7. The second-order valence-corrected chi connectivity index (χ2v) is 4.48. The number of benzene rings is 1. The molecule has 1 aromatic heterocycles. The zero-order valence-corrected chi connectivity index (χ0v) is 12.2. The van der Waals surface area contributed by atoms with E-state index in [1.54, 1.807) is 13.0 Å². The van der Waals surface area contributed by atoms with Crippen LogP contribution in [0.3, 0.4) is 0 Å². The Bertz CT molecular complexity index is 783. The van der Waals surface area contributed by atoms with E-state index >= 15 is 0 Å². The van der Waals surface area contributed by atoms with Crippen molar-refractivity contribution in [1.82, 2.24) is 15.6 Å². The summed E-state index contributed by atoms with van der Waals surface area (Å²) in [4.78, 5) is 21.8. The third kappa shape index (κ3) is 3.61. The van der Waals surface area contributed by atoms with Crippen LogP contribution >= 0.6 is 0 Å². The van der Waals surface area contributed by atoms with Gasteiger partial charge in [-0.1, -0.05) is 0 Å². The first-order valence-corrected chi connectivity index (χ1v) is 6.33. The van der Waals surface area contributed by atoms with Gasteiger partial charge in [-0.3, -0.25) is 20.0 Å². The lowest BCUT2D eigenvalue weighted by molar-refractivity contribution is -0.386. The van der Waals surface area contributed by atoms with Crippen LogP contribution in [0.15, 0.2) is 23.3 Å². The summed E-state index contributed by atoms with van der Waals surface area (Å²) in [6.07, 6.45) is 1.19. The predicted molar refractivity (Wildman–Crippen MR) is 79.7 cm³/mol. The van der Waals surface area contributed by atoms with Gasteiger partial charge in [-0.2, -0.15) is 10.2 Å². The summed E-state index contributed by atoms with van der Waals surface area (Å²) < 4.78 is 4.86. The standard InChI is InChI=1S/C13H13N5O5/c1-7-3-9(16-15-7)13(20)17-14-6-8-4-10(18(21)22)12(19)11(5-8)23-2/h3-6,19H,1-2H3,(H,15,16)(H,17,20). The van der Waals surface area contributed by atoms with Crippen molar-refractivity contribution in [3.8, 4) is 11.5 Å². The molecule has 120 valence electrons. The van der Waals surface area contributed by atoms with E-state index in [4.69, 9.17) is 4.74 Å². The number of rotatable bonds is 5. The number of nitro benzene ring substituents is 1. The topological polar surface area (TPSA) is 143 Å². The SMILES string of the molecule is COc1cc(C=NNC(=O)c2cc(C)[nH]n2)cc([N+](=O)[O-])c1O. The third-order valence-corrected chi connectivity index (χ3v) is 2.81. The van der Waals surface area contributed by atoms with Gasteiger partial charge in [0.25, 0.3) is 5.91 Å². The van der Waals surface area contributed by atoms with Gasteiger partial charge in [-0.15, -0.1) is 0 Å². The highest BCUT2D eigenvalue weighted by atomic mass is 16.6. The number of nitro groups is 1. The van der Waals surface area contributed by atoms with Crippen molar-refractivity contribution in [1.29, 1.82) is 0 Å². The first kappa shape index (κ1) is 15.9. The molecule has 0 spiro atoms. The Labute approximate surface area is 129 Å². The fraction of sp³-hybridized carbons (Fsp3) is 0.154. The average Bonchev–Trinajstić information content (AvgIpc) is 2.94. The number of methoxy groups -OCH3 is 1. The fourth-order valence-corrected chi connectivity index (χ4v) is 1.74. The number of phenolic OH excluding ortho intramolecular Hbond substituents is 1. The molecule has 0 aliphatic heterocycles. The number of carbonyl (C=O) groups is 1. The summed E-state index contributed by atoms with van der Waals surface area (Å²) in [5.74, 6) is -1.19. The van der Waals surface area contributed by atoms with Crippen molar-refractivity contribution < 1.29 is 19.6 Å². The van der Waals surface area contributed by atoms with Crippen molar-refractivity contribution in [3.05, 3.63) is 45.3 Å². The summed E-state index contributed by atoms with van der Waals surface area (Å²) >= 11 is 0. The summed E-state index contributed by atoms with van der Waals surface area (Å²) in [6, 6.07) is 3.99. The molecule has 10 nitrogen and oxygen atoms in total. The lowest BCUT2D eigenvalue weighted by Crippen LogP contribution is -2.18. The van der Waals surface area contributed by atoms with Gasteiger partial charge in [0.2, 0.25) is 5.75 Å². The van der Waals surface area contributed by atoms with Crippen molar-refractivity contribution >= 4 is 17.8 Å². The Hall–Kier alpha value is -3.43. The molecule has 23 heavy (non-hydrogen) atoms. The number of nitrogens with zero attached hydrogens (tertiary/aromatic N) is 3. The summed E-state index contributed by atoms with van der Waals surface area (Å²) in [7, 11) is 1.27. The average molecular weight is 319 g/mol. The van der Waals surface area contributed by atoms with Crippen molar-refractivity contribution in [2.45, 2.75) is 6.92 Å². The number of carbonyl (C=O) groups excluding carboxylic acids is 1. The summed E-state index contributed by atoms with van der Waals surface area (Å²) in [6.45, 7) is 1.74. The van der Waals surface area contributed by atoms with Crippen LogP contribution < -0.4 is 10.2 Å². The molecule has 0 aliphatic carbocycles. The number of amides is 1. The quantitative estimate of drug-likeness (QED) is 0.428. The molecule has 3 N–H and O–H groups in total. The molecule has 0 bridgehead atoms. The fourth-order valence-electron chi connectivity index (χ4n) is 1.74. The molecule has 0 saturated heterocycles. The molecule has 0 atom stereocenters. The molecule has 0 fully saturated rings. The number of aromatic nitrogens is 2. The van der Waals surface area contributed by atoms with Crippen LogP contribution in [0, 0.1) is 17.0 Å². The van der Waals surface area contributed by atoms with Crippen LogP contribution in [0.25, 0.3) is 0 Å². The number of aromatic hydroxyl groups is 1. The van der Waals surface area contributed by atoms with Crippen molar-refractivity contribution in [3.63, 3.8) is 0 Å². The minimum absolute atomic E-state index is 0.0742. The van der Waals surface area contributed by atoms with Crippen molar-refractivity contribution in [2.24, 2.45) is 5.10 Å². The van der Waals surface area contributed by atoms with Gasteiger partial charge >= 0.3 is 5.69 Å². The van der Waals surface area contributed by atoms with E-state index in [0.717, 1.165) is 11.8 Å². The maximum atomic E-state index is 11.7. The van der Waals surface area contributed by atoms with Gasteiger partial charge in [-0.25, -0.2) is 5.43 Å². The Kier molecular flexibility index (Phi) is 4.55. The molecular formula is C13H13N5O5. The highest BCUT2D eigenvalue weighted by Gasteiger charge is 2.19. The number of aromatic amines is 1. The number of hydrazone groups is 1. The van der Waals surface area contributed by atoms with Crippen LogP contribution in [0.5, 0.6) is 11.5 Å². The van der Waals surface area contributed by atoms with Crippen LogP contribution in [0.2, 0.25) is 0 Å². The molecule has 2 aromatic rings. The molecule has 1 heterocycles. The first-order chi connectivity index (χ1) is 10.9. The summed E-state index contributed by atoms with van der Waals surface area (Å²) in [5, 5.41) is 30.6. The van der Waals surface area contributed by atoms with E-state index in [0.29, 0.717) is 0 Å². The second kappa shape index (κ2) is 6.56. The summed E-state index contributed by atoms with van der Waals surface area (Å²) in [5.41, 5.74) is 2.86. The molecule has 0 saturated carbocycles. The predicted octanol–water partition coefficient (Wildman–Crippen LogP) is 1.10. The zero-order valence-electron chi connectivity index (χ0n) is 12.2. The van der Waals surface area contributed by atoms with E-state index < -0.39 is 22.3 Å². The van der Waals surface area contributed by atoms with Gasteiger partial charge in [0.15, 0.2) is 11.4 Å². The molecule has 10 heteroatoms. The van der Waals surface area contributed by atoms with E-state index in [9.17, 15) is 20.0 Å². The third-order valence-electron chi connectivity index (χ3n) is 2.81. The molecule has 0 unspecified atom stereocenters. The van der Waals surface area contributed by atoms with Gasteiger partial charge in [0, 0.05) is 17.3 Å².